The van der Waals surface area contributed by atoms with Crippen LogP contribution < -0.4 is 0 Å². The van der Waals surface area contributed by atoms with Gasteiger partial charge >= 0.3 is 0 Å². The third-order valence-corrected chi connectivity index (χ3v) is 2.50. The SMILES string of the molecule is N#CCCc1nc(-c2cc(F)cc(Br)c2)no1. The van der Waals surface area contributed by atoms with Gasteiger partial charge in [0.1, 0.15) is 5.82 Å². The van der Waals surface area contributed by atoms with Crippen molar-refractivity contribution in [3.8, 4) is 17.5 Å². The Morgan fingerprint density at radius 2 is 2.24 bits per heavy atom. The van der Waals surface area contributed by atoms with E-state index < -0.39 is 0 Å². The van der Waals surface area contributed by atoms with Crippen LogP contribution in [-0.2, 0) is 6.42 Å². The summed E-state index contributed by atoms with van der Waals surface area (Å²) in [5.74, 6) is 0.317. The predicted octanol–water partition coefficient (Wildman–Crippen LogP) is 3.09. The lowest BCUT2D eigenvalue weighted by atomic mass is 10.2. The molecule has 0 aliphatic heterocycles. The molecule has 4 nitrogen and oxygen atoms in total. The van der Waals surface area contributed by atoms with Crippen LogP contribution >= 0.6 is 15.9 Å². The van der Waals surface area contributed by atoms with Gasteiger partial charge in [0.25, 0.3) is 0 Å². The van der Waals surface area contributed by atoms with Gasteiger partial charge in [0.05, 0.1) is 6.07 Å². The summed E-state index contributed by atoms with van der Waals surface area (Å²) in [6.45, 7) is 0. The Balaban J connectivity index is 2.27. The highest BCUT2D eigenvalue weighted by Gasteiger charge is 2.10. The van der Waals surface area contributed by atoms with E-state index in [-0.39, 0.29) is 5.82 Å². The maximum atomic E-state index is 13.2. The zero-order valence-corrected chi connectivity index (χ0v) is 10.2. The lowest BCUT2D eigenvalue weighted by Crippen LogP contribution is -1.86. The zero-order chi connectivity index (χ0) is 12.3. The van der Waals surface area contributed by atoms with Gasteiger partial charge in [-0.2, -0.15) is 10.2 Å². The zero-order valence-electron chi connectivity index (χ0n) is 8.65. The normalized spacial score (nSPS) is 10.2. The van der Waals surface area contributed by atoms with Gasteiger partial charge in [0, 0.05) is 22.9 Å². The number of nitrogens with zero attached hydrogens (tertiary/aromatic N) is 3. The fourth-order valence-electron chi connectivity index (χ4n) is 1.32. The Kier molecular flexibility index (Phi) is 3.49. The van der Waals surface area contributed by atoms with Crippen molar-refractivity contribution in [1.82, 2.24) is 10.1 Å². The van der Waals surface area contributed by atoms with E-state index in [0.29, 0.717) is 34.6 Å². The molecule has 6 heteroatoms. The first-order valence-corrected chi connectivity index (χ1v) is 5.64. The van der Waals surface area contributed by atoms with Crippen LogP contribution in [0.15, 0.2) is 27.2 Å². The summed E-state index contributed by atoms with van der Waals surface area (Å²) in [4.78, 5) is 4.08. The first-order valence-electron chi connectivity index (χ1n) is 4.85. The molecular formula is C11H7BrFN3O. The van der Waals surface area contributed by atoms with Crippen LogP contribution in [0.4, 0.5) is 4.39 Å². The minimum absolute atomic E-state index is 0.314. The molecular weight excluding hydrogens is 289 g/mol. The van der Waals surface area contributed by atoms with E-state index >= 15 is 0 Å². The molecule has 0 aliphatic carbocycles. The minimum Gasteiger partial charge on any atom is -0.339 e. The van der Waals surface area contributed by atoms with Crippen molar-refractivity contribution < 1.29 is 8.91 Å². The molecule has 2 rings (SSSR count). The van der Waals surface area contributed by atoms with Gasteiger partial charge < -0.3 is 4.52 Å². The summed E-state index contributed by atoms with van der Waals surface area (Å²) in [5.41, 5.74) is 0.531. The highest BCUT2D eigenvalue weighted by molar-refractivity contribution is 9.10. The molecule has 0 unspecified atom stereocenters. The second kappa shape index (κ2) is 5.06. The molecule has 0 N–H and O–H groups in total. The molecule has 0 saturated carbocycles. The largest absolute Gasteiger partial charge is 0.339 e. The van der Waals surface area contributed by atoms with Gasteiger partial charge in [-0.25, -0.2) is 4.39 Å². The Bertz CT molecular complexity index is 556. The average molecular weight is 296 g/mol. The standard InChI is InChI=1S/C11H7BrFN3O/c12-8-4-7(5-9(13)6-8)11-15-10(17-16-11)2-1-3-14/h4-6H,1-2H2. The molecule has 1 aromatic heterocycles. The Morgan fingerprint density at radius 3 is 2.94 bits per heavy atom. The van der Waals surface area contributed by atoms with E-state index in [4.69, 9.17) is 9.78 Å². The molecule has 2 aromatic rings. The first kappa shape index (κ1) is 11.7. The van der Waals surface area contributed by atoms with Crippen LogP contribution in [0.25, 0.3) is 11.4 Å². The maximum absolute atomic E-state index is 13.2. The highest BCUT2D eigenvalue weighted by Crippen LogP contribution is 2.22. The highest BCUT2D eigenvalue weighted by atomic mass is 79.9. The van der Waals surface area contributed by atoms with Gasteiger partial charge in [0.15, 0.2) is 0 Å². The fourth-order valence-corrected chi connectivity index (χ4v) is 1.78. The van der Waals surface area contributed by atoms with Gasteiger partial charge in [-0.15, -0.1) is 0 Å². The van der Waals surface area contributed by atoms with Crippen molar-refractivity contribution in [1.29, 1.82) is 5.26 Å². The van der Waals surface area contributed by atoms with Gasteiger partial charge in [-0.05, 0) is 18.2 Å². The summed E-state index contributed by atoms with van der Waals surface area (Å²) in [7, 11) is 0. The smallest absolute Gasteiger partial charge is 0.227 e. The van der Waals surface area contributed by atoms with E-state index in [0.717, 1.165) is 0 Å². The third kappa shape index (κ3) is 2.88. The molecule has 0 amide bonds. The number of benzene rings is 1. The van der Waals surface area contributed by atoms with E-state index in [1.54, 1.807) is 6.07 Å². The molecule has 0 saturated heterocycles. The van der Waals surface area contributed by atoms with Crippen LogP contribution in [0.5, 0.6) is 0 Å². The molecule has 1 heterocycles. The molecule has 0 fully saturated rings. The number of hydrogen-bond donors (Lipinski definition) is 0. The van der Waals surface area contributed by atoms with Gasteiger partial charge in [0.2, 0.25) is 11.7 Å². The van der Waals surface area contributed by atoms with Crippen molar-refractivity contribution in [2.75, 3.05) is 0 Å². The second-order valence-electron chi connectivity index (χ2n) is 3.33. The van der Waals surface area contributed by atoms with Crippen molar-refractivity contribution in [2.24, 2.45) is 0 Å². The van der Waals surface area contributed by atoms with E-state index in [9.17, 15) is 4.39 Å². The van der Waals surface area contributed by atoms with E-state index in [1.165, 1.54) is 12.1 Å². The molecule has 0 atom stereocenters. The van der Waals surface area contributed by atoms with Crippen LogP contribution in [-0.4, -0.2) is 10.1 Å². The number of hydrogen-bond acceptors (Lipinski definition) is 4. The maximum Gasteiger partial charge on any atom is 0.227 e. The summed E-state index contributed by atoms with van der Waals surface area (Å²) < 4.78 is 18.7. The van der Waals surface area contributed by atoms with Crippen LogP contribution in [0, 0.1) is 17.1 Å². The minimum atomic E-state index is -0.377. The Morgan fingerprint density at radius 1 is 1.41 bits per heavy atom. The molecule has 1 aromatic carbocycles. The molecule has 86 valence electrons. The van der Waals surface area contributed by atoms with Crippen molar-refractivity contribution in [3.63, 3.8) is 0 Å². The van der Waals surface area contributed by atoms with Crippen molar-refractivity contribution >= 4 is 15.9 Å². The van der Waals surface area contributed by atoms with Crippen LogP contribution in [0.2, 0.25) is 0 Å². The monoisotopic (exact) mass is 295 g/mol. The van der Waals surface area contributed by atoms with Crippen LogP contribution in [0.1, 0.15) is 12.3 Å². The summed E-state index contributed by atoms with van der Waals surface area (Å²) in [5, 5.41) is 12.2. The van der Waals surface area contributed by atoms with E-state index in [2.05, 4.69) is 26.1 Å². The summed E-state index contributed by atoms with van der Waals surface area (Å²) >= 11 is 3.19. The third-order valence-electron chi connectivity index (χ3n) is 2.04. The summed E-state index contributed by atoms with van der Waals surface area (Å²) in [6, 6.07) is 6.36. The number of halogens is 2. The quantitative estimate of drug-likeness (QED) is 0.873. The first-order chi connectivity index (χ1) is 8.19. The average Bonchev–Trinajstić information content (AvgIpc) is 2.73. The topological polar surface area (TPSA) is 62.7 Å². The number of aryl methyl sites for hydroxylation is 1. The lowest BCUT2D eigenvalue weighted by Gasteiger charge is -1.96. The molecule has 17 heavy (non-hydrogen) atoms. The Hall–Kier alpha value is -1.74. The molecule has 0 aliphatic rings. The summed E-state index contributed by atoms with van der Waals surface area (Å²) in [6.07, 6.45) is 0.717. The van der Waals surface area contributed by atoms with Gasteiger partial charge in [-0.3, -0.25) is 0 Å². The second-order valence-corrected chi connectivity index (χ2v) is 4.24. The van der Waals surface area contributed by atoms with Crippen molar-refractivity contribution in [3.05, 3.63) is 34.4 Å². The van der Waals surface area contributed by atoms with Gasteiger partial charge in [-0.1, -0.05) is 21.1 Å². The number of nitriles is 1. The van der Waals surface area contributed by atoms with Crippen LogP contribution in [0.3, 0.4) is 0 Å². The molecule has 0 bridgehead atoms. The fraction of sp³-hybridized carbons (Fsp3) is 0.182. The lowest BCUT2D eigenvalue weighted by molar-refractivity contribution is 0.380. The molecule has 0 radical (unpaired) electrons. The van der Waals surface area contributed by atoms with Crippen molar-refractivity contribution in [2.45, 2.75) is 12.8 Å². The van der Waals surface area contributed by atoms with E-state index in [1.807, 2.05) is 6.07 Å². The number of rotatable bonds is 3. The Labute approximate surface area is 105 Å². The molecule has 0 spiro atoms. The predicted molar refractivity (Wildman–Crippen MR) is 61.3 cm³/mol. The number of aromatic nitrogens is 2.